The maximum absolute atomic E-state index is 5.54. The minimum Gasteiger partial charge on any atom is -0.378 e. The van der Waals surface area contributed by atoms with Gasteiger partial charge in [-0.2, -0.15) is 0 Å². The first-order valence-electron chi connectivity index (χ1n) is 5.16. The van der Waals surface area contributed by atoms with Gasteiger partial charge in [-0.1, -0.05) is 28.1 Å². The Morgan fingerprint density at radius 2 is 1.93 bits per heavy atom. The van der Waals surface area contributed by atoms with Crippen molar-refractivity contribution in [1.82, 2.24) is 0 Å². The fourth-order valence-corrected chi connectivity index (χ4v) is 2.21. The molecule has 0 N–H and O–H groups in total. The van der Waals surface area contributed by atoms with Crippen LogP contribution in [-0.4, -0.2) is 12.7 Å². The highest BCUT2D eigenvalue weighted by Crippen LogP contribution is 2.38. The first-order chi connectivity index (χ1) is 6.79. The average Bonchev–Trinajstić information content (AvgIpc) is 2.13. The fraction of sp³-hybridized carbons (Fsp3) is 0.500. The van der Waals surface area contributed by atoms with Gasteiger partial charge in [-0.05, 0) is 43.4 Å². The predicted octanol–water partition coefficient (Wildman–Crippen LogP) is 3.73. The van der Waals surface area contributed by atoms with Gasteiger partial charge in [0.15, 0.2) is 0 Å². The molecule has 0 aliphatic heterocycles. The molecule has 76 valence electrons. The number of ether oxygens (including phenoxy) is 1. The first-order valence-corrected chi connectivity index (χ1v) is 5.96. The topological polar surface area (TPSA) is 9.23 Å². The van der Waals surface area contributed by atoms with E-state index in [1.54, 1.807) is 0 Å². The van der Waals surface area contributed by atoms with Gasteiger partial charge in [0.05, 0.1) is 6.10 Å². The maximum Gasteiger partial charge on any atom is 0.0586 e. The summed E-state index contributed by atoms with van der Waals surface area (Å²) >= 11 is 3.45. The first kappa shape index (κ1) is 10.2. The van der Waals surface area contributed by atoms with Crippen LogP contribution in [0.25, 0.3) is 0 Å². The van der Waals surface area contributed by atoms with Crippen LogP contribution in [0, 0.1) is 0 Å². The normalized spacial score (nSPS) is 25.9. The van der Waals surface area contributed by atoms with Crippen LogP contribution in [0.1, 0.15) is 31.2 Å². The van der Waals surface area contributed by atoms with E-state index in [1.165, 1.54) is 18.4 Å². The molecule has 14 heavy (non-hydrogen) atoms. The summed E-state index contributed by atoms with van der Waals surface area (Å²) in [5.41, 5.74) is 1.45. The maximum atomic E-state index is 5.54. The van der Waals surface area contributed by atoms with Crippen molar-refractivity contribution in [3.8, 4) is 0 Å². The Bertz CT molecular complexity index is 288. The lowest BCUT2D eigenvalue weighted by Gasteiger charge is -2.35. The Kier molecular flexibility index (Phi) is 3.24. The van der Waals surface area contributed by atoms with Crippen molar-refractivity contribution in [3.05, 3.63) is 34.3 Å². The molecule has 0 aromatic heterocycles. The summed E-state index contributed by atoms with van der Waals surface area (Å²) in [5, 5.41) is 0. The van der Waals surface area contributed by atoms with Crippen molar-refractivity contribution in [2.45, 2.75) is 31.8 Å². The molecule has 2 rings (SSSR count). The van der Waals surface area contributed by atoms with Crippen LogP contribution in [0.4, 0.5) is 0 Å². The molecule has 0 unspecified atom stereocenters. The zero-order chi connectivity index (χ0) is 9.97. The third kappa shape index (κ3) is 2.18. The van der Waals surface area contributed by atoms with E-state index in [0.717, 1.165) is 17.0 Å². The van der Waals surface area contributed by atoms with E-state index in [1.807, 2.05) is 0 Å². The van der Waals surface area contributed by atoms with Crippen LogP contribution < -0.4 is 0 Å². The second-order valence-electron chi connectivity index (χ2n) is 3.80. The van der Waals surface area contributed by atoms with Crippen molar-refractivity contribution in [2.24, 2.45) is 0 Å². The van der Waals surface area contributed by atoms with Crippen LogP contribution in [0.3, 0.4) is 0 Å². The van der Waals surface area contributed by atoms with Gasteiger partial charge in [-0.15, -0.1) is 0 Å². The number of hydrogen-bond acceptors (Lipinski definition) is 1. The second-order valence-corrected chi connectivity index (χ2v) is 4.71. The zero-order valence-corrected chi connectivity index (χ0v) is 9.96. The van der Waals surface area contributed by atoms with Crippen LogP contribution in [0.15, 0.2) is 28.7 Å². The molecule has 0 radical (unpaired) electrons. The molecule has 1 aromatic rings. The minimum absolute atomic E-state index is 0.508. The highest BCUT2D eigenvalue weighted by Gasteiger charge is 2.30. The van der Waals surface area contributed by atoms with Crippen molar-refractivity contribution in [1.29, 1.82) is 0 Å². The van der Waals surface area contributed by atoms with E-state index in [0.29, 0.717) is 6.10 Å². The predicted molar refractivity (Wildman–Crippen MR) is 61.5 cm³/mol. The molecule has 1 saturated carbocycles. The summed E-state index contributed by atoms with van der Waals surface area (Å²) in [6.07, 6.45) is 2.89. The van der Waals surface area contributed by atoms with Crippen LogP contribution >= 0.6 is 15.9 Å². The summed E-state index contributed by atoms with van der Waals surface area (Å²) in [4.78, 5) is 0. The molecule has 0 saturated heterocycles. The van der Waals surface area contributed by atoms with Gasteiger partial charge in [-0.25, -0.2) is 0 Å². The molecule has 0 heterocycles. The van der Waals surface area contributed by atoms with Crippen LogP contribution in [-0.2, 0) is 4.74 Å². The Morgan fingerprint density at radius 3 is 2.50 bits per heavy atom. The standard InChI is InChI=1S/C12H15BrO/c1-2-14-12-7-10(8-12)9-3-5-11(13)6-4-9/h3-6,10,12H,2,7-8H2,1H3/t10-,12+. The van der Waals surface area contributed by atoms with Crippen molar-refractivity contribution in [2.75, 3.05) is 6.61 Å². The Hall–Kier alpha value is -0.340. The van der Waals surface area contributed by atoms with Gasteiger partial charge < -0.3 is 4.74 Å². The Labute approximate surface area is 93.6 Å². The quantitative estimate of drug-likeness (QED) is 0.799. The van der Waals surface area contributed by atoms with Crippen molar-refractivity contribution >= 4 is 15.9 Å². The molecule has 1 nitrogen and oxygen atoms in total. The molecular weight excluding hydrogens is 240 g/mol. The molecule has 1 aliphatic rings. The van der Waals surface area contributed by atoms with Crippen LogP contribution in [0.2, 0.25) is 0 Å². The summed E-state index contributed by atoms with van der Waals surface area (Å²) in [7, 11) is 0. The molecule has 0 atom stereocenters. The molecule has 0 amide bonds. The van der Waals surface area contributed by atoms with E-state index in [9.17, 15) is 0 Å². The van der Waals surface area contributed by atoms with Crippen molar-refractivity contribution < 1.29 is 4.74 Å². The highest BCUT2D eigenvalue weighted by atomic mass is 79.9. The molecule has 2 heteroatoms. The zero-order valence-electron chi connectivity index (χ0n) is 8.37. The average molecular weight is 255 g/mol. The third-order valence-electron chi connectivity index (χ3n) is 2.84. The minimum atomic E-state index is 0.508. The molecular formula is C12H15BrO. The molecule has 0 spiro atoms. The monoisotopic (exact) mass is 254 g/mol. The molecule has 0 bridgehead atoms. The van der Waals surface area contributed by atoms with Gasteiger partial charge >= 0.3 is 0 Å². The summed E-state index contributed by atoms with van der Waals surface area (Å²) in [5.74, 6) is 0.722. The SMILES string of the molecule is CCO[C@H]1C[C@@H](c2ccc(Br)cc2)C1. The summed E-state index contributed by atoms with van der Waals surface area (Å²) in [6.45, 7) is 2.91. The number of benzene rings is 1. The van der Waals surface area contributed by atoms with Crippen LogP contribution in [0.5, 0.6) is 0 Å². The number of halogens is 1. The van der Waals surface area contributed by atoms with E-state index in [4.69, 9.17) is 4.74 Å². The summed E-state index contributed by atoms with van der Waals surface area (Å²) in [6, 6.07) is 8.64. The third-order valence-corrected chi connectivity index (χ3v) is 3.37. The van der Waals surface area contributed by atoms with Gasteiger partial charge in [-0.3, -0.25) is 0 Å². The van der Waals surface area contributed by atoms with Gasteiger partial charge in [0.25, 0.3) is 0 Å². The van der Waals surface area contributed by atoms with Gasteiger partial charge in [0.2, 0.25) is 0 Å². The second kappa shape index (κ2) is 4.45. The number of hydrogen-bond donors (Lipinski definition) is 0. The molecule has 1 fully saturated rings. The Morgan fingerprint density at radius 1 is 1.29 bits per heavy atom. The largest absolute Gasteiger partial charge is 0.378 e. The van der Waals surface area contributed by atoms with Crippen molar-refractivity contribution in [3.63, 3.8) is 0 Å². The lowest BCUT2D eigenvalue weighted by atomic mass is 9.77. The van der Waals surface area contributed by atoms with E-state index in [2.05, 4.69) is 47.1 Å². The Balaban J connectivity index is 1.90. The lowest BCUT2D eigenvalue weighted by molar-refractivity contribution is -0.00318. The highest BCUT2D eigenvalue weighted by molar-refractivity contribution is 9.10. The smallest absolute Gasteiger partial charge is 0.0586 e. The molecule has 1 aromatic carbocycles. The lowest BCUT2D eigenvalue weighted by Crippen LogP contribution is -2.29. The van der Waals surface area contributed by atoms with E-state index < -0.39 is 0 Å². The number of rotatable bonds is 3. The summed E-state index contributed by atoms with van der Waals surface area (Å²) < 4.78 is 6.70. The molecule has 1 aliphatic carbocycles. The van der Waals surface area contributed by atoms with E-state index >= 15 is 0 Å². The van der Waals surface area contributed by atoms with E-state index in [-0.39, 0.29) is 0 Å². The fourth-order valence-electron chi connectivity index (χ4n) is 1.94. The van der Waals surface area contributed by atoms with Gasteiger partial charge in [0, 0.05) is 11.1 Å². The van der Waals surface area contributed by atoms with Gasteiger partial charge in [0.1, 0.15) is 0 Å².